The lowest BCUT2D eigenvalue weighted by atomic mass is 9.96. The smallest absolute Gasteiger partial charge is 0.335 e. The van der Waals surface area contributed by atoms with Crippen molar-refractivity contribution in [1.29, 1.82) is 0 Å². The molecule has 1 aliphatic heterocycles. The van der Waals surface area contributed by atoms with E-state index in [0.717, 1.165) is 67.4 Å². The number of aromatic carboxylic acids is 1. The first kappa shape index (κ1) is 18.5. The predicted octanol–water partition coefficient (Wildman–Crippen LogP) is 3.05. The molecule has 3 rings (SSSR count). The van der Waals surface area contributed by atoms with Crippen molar-refractivity contribution in [2.75, 3.05) is 20.2 Å². The number of aromatic nitrogens is 2. The largest absolute Gasteiger partial charge is 0.496 e. The number of nitrogens with one attached hydrogen (secondary N) is 1. The maximum absolute atomic E-state index is 11.2. The van der Waals surface area contributed by atoms with Gasteiger partial charge in [0, 0.05) is 25.2 Å². The Morgan fingerprint density at radius 2 is 2.27 bits per heavy atom. The number of aromatic amines is 1. The average Bonchev–Trinajstić information content (AvgIpc) is 3.21. The van der Waals surface area contributed by atoms with E-state index >= 15 is 0 Å². The van der Waals surface area contributed by atoms with Crippen molar-refractivity contribution in [3.8, 4) is 5.75 Å². The van der Waals surface area contributed by atoms with Gasteiger partial charge in [-0.05, 0) is 56.0 Å². The molecule has 0 spiro atoms. The molecule has 0 saturated carbocycles. The van der Waals surface area contributed by atoms with Crippen molar-refractivity contribution in [2.24, 2.45) is 5.92 Å². The van der Waals surface area contributed by atoms with Crippen molar-refractivity contribution >= 4 is 5.97 Å². The average molecular weight is 357 g/mol. The zero-order valence-corrected chi connectivity index (χ0v) is 15.7. The second-order valence-electron chi connectivity index (χ2n) is 7.03. The first-order chi connectivity index (χ1) is 12.5. The van der Waals surface area contributed by atoms with Crippen LogP contribution in [0.15, 0.2) is 18.2 Å². The zero-order chi connectivity index (χ0) is 18.7. The normalized spacial score (nSPS) is 17.6. The number of rotatable bonds is 7. The molecule has 0 bridgehead atoms. The van der Waals surface area contributed by atoms with Gasteiger partial charge in [-0.25, -0.2) is 9.78 Å². The third kappa shape index (κ3) is 4.07. The molecular formula is C20H27N3O3. The lowest BCUT2D eigenvalue weighted by Crippen LogP contribution is -2.21. The van der Waals surface area contributed by atoms with Crippen LogP contribution in [0.5, 0.6) is 5.75 Å². The number of carboxylic acids is 1. The topological polar surface area (TPSA) is 78.5 Å². The molecule has 0 radical (unpaired) electrons. The summed E-state index contributed by atoms with van der Waals surface area (Å²) < 4.78 is 5.42. The number of ether oxygens (including phenoxy) is 1. The molecule has 1 saturated heterocycles. The molecule has 0 aliphatic carbocycles. The van der Waals surface area contributed by atoms with E-state index in [1.165, 1.54) is 0 Å². The van der Waals surface area contributed by atoms with Crippen molar-refractivity contribution < 1.29 is 14.6 Å². The summed E-state index contributed by atoms with van der Waals surface area (Å²) in [7, 11) is 1.63. The van der Waals surface area contributed by atoms with Crippen LogP contribution in [0.3, 0.4) is 0 Å². The van der Waals surface area contributed by atoms with Crippen LogP contribution in [0.4, 0.5) is 0 Å². The molecule has 1 aromatic heterocycles. The molecule has 1 aromatic carbocycles. The maximum Gasteiger partial charge on any atom is 0.335 e. The van der Waals surface area contributed by atoms with Gasteiger partial charge in [0.15, 0.2) is 0 Å². The highest BCUT2D eigenvalue weighted by molar-refractivity contribution is 5.88. The number of carbonyl (C=O) groups is 1. The molecule has 6 nitrogen and oxygen atoms in total. The Labute approximate surface area is 154 Å². The van der Waals surface area contributed by atoms with Crippen LogP contribution in [0, 0.1) is 12.8 Å². The Kier molecular flexibility index (Phi) is 5.61. The number of methoxy groups -OCH3 is 1. The van der Waals surface area contributed by atoms with E-state index < -0.39 is 5.97 Å². The Bertz CT molecular complexity index is 785. The van der Waals surface area contributed by atoms with Gasteiger partial charge in [0.2, 0.25) is 0 Å². The van der Waals surface area contributed by atoms with Crippen LogP contribution in [-0.2, 0) is 19.4 Å². The van der Waals surface area contributed by atoms with E-state index in [0.29, 0.717) is 11.5 Å². The molecule has 2 heterocycles. The lowest BCUT2D eigenvalue weighted by molar-refractivity contribution is 0.0696. The third-order valence-electron chi connectivity index (χ3n) is 5.15. The minimum atomic E-state index is -0.900. The number of imidazole rings is 1. The molecule has 26 heavy (non-hydrogen) atoms. The van der Waals surface area contributed by atoms with Crippen LogP contribution in [0.25, 0.3) is 0 Å². The van der Waals surface area contributed by atoms with E-state index in [-0.39, 0.29) is 0 Å². The van der Waals surface area contributed by atoms with Crippen molar-refractivity contribution in [3.05, 3.63) is 46.5 Å². The standard InChI is InChI=1S/C20H27N3O3/c1-4-19-21-13(2)17(22-19)12-23-8-7-14(11-23)9-16-10-15(20(24)25)5-6-18(16)26-3/h5-6,10,14H,4,7-9,11-12H2,1-3H3,(H,21,22)(H,24,25). The molecule has 1 atom stereocenters. The molecule has 1 fully saturated rings. The van der Waals surface area contributed by atoms with Crippen LogP contribution in [-0.4, -0.2) is 46.1 Å². The van der Waals surface area contributed by atoms with Gasteiger partial charge in [0.1, 0.15) is 11.6 Å². The Balaban J connectivity index is 1.65. The van der Waals surface area contributed by atoms with Gasteiger partial charge in [0.05, 0.1) is 18.4 Å². The predicted molar refractivity (Wildman–Crippen MR) is 99.7 cm³/mol. The minimum Gasteiger partial charge on any atom is -0.496 e. The second kappa shape index (κ2) is 7.91. The van der Waals surface area contributed by atoms with Crippen LogP contribution in [0.1, 0.15) is 46.5 Å². The van der Waals surface area contributed by atoms with E-state index in [1.807, 2.05) is 0 Å². The van der Waals surface area contributed by atoms with Gasteiger partial charge in [0.25, 0.3) is 0 Å². The van der Waals surface area contributed by atoms with Gasteiger partial charge in [-0.15, -0.1) is 0 Å². The number of H-pyrrole nitrogens is 1. The molecule has 140 valence electrons. The first-order valence-electron chi connectivity index (χ1n) is 9.17. The molecule has 1 unspecified atom stereocenters. The lowest BCUT2D eigenvalue weighted by Gasteiger charge is -2.16. The molecular weight excluding hydrogens is 330 g/mol. The van der Waals surface area contributed by atoms with Crippen LogP contribution < -0.4 is 4.74 Å². The molecule has 0 amide bonds. The van der Waals surface area contributed by atoms with E-state index in [4.69, 9.17) is 4.74 Å². The summed E-state index contributed by atoms with van der Waals surface area (Å²) in [5.41, 5.74) is 3.58. The summed E-state index contributed by atoms with van der Waals surface area (Å²) in [4.78, 5) is 21.7. The number of carboxylic acid groups (broad SMARTS) is 1. The SMILES string of the molecule is CCc1nc(CN2CCC(Cc3cc(C(=O)O)ccc3OC)C2)c(C)[nH]1. The van der Waals surface area contributed by atoms with Crippen LogP contribution in [0.2, 0.25) is 0 Å². The summed E-state index contributed by atoms with van der Waals surface area (Å²) in [6.07, 6.45) is 2.86. The summed E-state index contributed by atoms with van der Waals surface area (Å²) in [5.74, 6) is 1.41. The van der Waals surface area contributed by atoms with E-state index in [1.54, 1.807) is 25.3 Å². The van der Waals surface area contributed by atoms with Crippen molar-refractivity contribution in [3.63, 3.8) is 0 Å². The molecule has 2 aromatic rings. The number of aryl methyl sites for hydroxylation is 2. The summed E-state index contributed by atoms with van der Waals surface area (Å²) in [6, 6.07) is 5.09. The fourth-order valence-corrected chi connectivity index (χ4v) is 3.70. The van der Waals surface area contributed by atoms with E-state index in [9.17, 15) is 9.90 Å². The third-order valence-corrected chi connectivity index (χ3v) is 5.15. The highest BCUT2D eigenvalue weighted by Gasteiger charge is 2.25. The second-order valence-corrected chi connectivity index (χ2v) is 7.03. The highest BCUT2D eigenvalue weighted by Crippen LogP contribution is 2.28. The quantitative estimate of drug-likeness (QED) is 0.796. The fraction of sp³-hybridized carbons (Fsp3) is 0.500. The summed E-state index contributed by atoms with van der Waals surface area (Å²) >= 11 is 0. The summed E-state index contributed by atoms with van der Waals surface area (Å²) in [5, 5.41) is 9.23. The Morgan fingerprint density at radius 1 is 1.46 bits per heavy atom. The van der Waals surface area contributed by atoms with E-state index in [2.05, 4.69) is 28.7 Å². The van der Waals surface area contributed by atoms with Crippen molar-refractivity contribution in [1.82, 2.24) is 14.9 Å². The number of hydrogen-bond acceptors (Lipinski definition) is 4. The fourth-order valence-electron chi connectivity index (χ4n) is 3.70. The highest BCUT2D eigenvalue weighted by atomic mass is 16.5. The first-order valence-corrected chi connectivity index (χ1v) is 9.17. The van der Waals surface area contributed by atoms with Crippen molar-refractivity contribution in [2.45, 2.75) is 39.7 Å². The number of likely N-dealkylation sites (tertiary alicyclic amines) is 1. The number of benzene rings is 1. The van der Waals surface area contributed by atoms with Gasteiger partial charge in [-0.1, -0.05) is 6.92 Å². The zero-order valence-electron chi connectivity index (χ0n) is 15.7. The van der Waals surface area contributed by atoms with Gasteiger partial charge in [-0.3, -0.25) is 4.90 Å². The summed E-state index contributed by atoms with van der Waals surface area (Å²) in [6.45, 7) is 7.09. The minimum absolute atomic E-state index is 0.315. The van der Waals surface area contributed by atoms with Gasteiger partial charge < -0.3 is 14.8 Å². The van der Waals surface area contributed by atoms with Gasteiger partial charge >= 0.3 is 5.97 Å². The van der Waals surface area contributed by atoms with Crippen LogP contribution >= 0.6 is 0 Å². The monoisotopic (exact) mass is 357 g/mol. The molecule has 1 aliphatic rings. The van der Waals surface area contributed by atoms with Gasteiger partial charge in [-0.2, -0.15) is 0 Å². The number of hydrogen-bond donors (Lipinski definition) is 2. The Morgan fingerprint density at radius 3 is 2.92 bits per heavy atom. The Hall–Kier alpha value is -2.34. The number of nitrogens with zero attached hydrogens (tertiary/aromatic N) is 2. The molecule has 6 heteroatoms. The maximum atomic E-state index is 11.2. The molecule has 2 N–H and O–H groups in total.